The number of rotatable bonds is 11. The number of halogens is 1. The van der Waals surface area contributed by atoms with E-state index in [0.717, 1.165) is 6.42 Å². The number of aliphatic hydroxyl groups excluding tert-OH is 1. The Morgan fingerprint density at radius 2 is 2.10 bits per heavy atom. The SMILES string of the molecule is COCCOCCCCNS(=O)(=O)c1cc(CO)oc1Br. The van der Waals surface area contributed by atoms with E-state index in [1.165, 1.54) is 6.07 Å². The number of methoxy groups -OCH3 is 1. The minimum Gasteiger partial charge on any atom is -0.450 e. The Morgan fingerprint density at radius 3 is 2.71 bits per heavy atom. The summed E-state index contributed by atoms with van der Waals surface area (Å²) in [5, 5.41) is 8.92. The van der Waals surface area contributed by atoms with Gasteiger partial charge in [0.25, 0.3) is 0 Å². The standard InChI is InChI=1S/C12H20BrNO6S/c1-18-6-7-19-5-3-2-4-14-21(16,17)11-8-10(9-15)20-12(11)13/h8,14-15H,2-7,9H2,1H3. The Kier molecular flexibility index (Phi) is 8.45. The normalized spacial score (nSPS) is 12.0. The molecule has 0 atom stereocenters. The topological polar surface area (TPSA) is 98.0 Å². The van der Waals surface area contributed by atoms with Crippen LogP contribution in [-0.2, 0) is 26.1 Å². The molecule has 0 fully saturated rings. The molecule has 0 amide bonds. The first-order chi connectivity index (χ1) is 10.0. The molecule has 122 valence electrons. The molecule has 1 aromatic heterocycles. The second kappa shape index (κ2) is 9.54. The van der Waals surface area contributed by atoms with Crippen molar-refractivity contribution in [2.24, 2.45) is 0 Å². The Hall–Kier alpha value is -0.450. The second-order valence-electron chi connectivity index (χ2n) is 4.22. The lowest BCUT2D eigenvalue weighted by Crippen LogP contribution is -2.25. The van der Waals surface area contributed by atoms with E-state index in [1.54, 1.807) is 7.11 Å². The lowest BCUT2D eigenvalue weighted by molar-refractivity contribution is 0.0689. The zero-order valence-corrected chi connectivity index (χ0v) is 14.2. The summed E-state index contributed by atoms with van der Waals surface area (Å²) in [5.41, 5.74) is 0. The number of ether oxygens (including phenoxy) is 2. The fraction of sp³-hybridized carbons (Fsp3) is 0.667. The number of hydrogen-bond acceptors (Lipinski definition) is 6. The molecule has 0 radical (unpaired) electrons. The summed E-state index contributed by atoms with van der Waals surface area (Å²) in [6.07, 6.45) is 1.41. The van der Waals surface area contributed by atoms with Crippen molar-refractivity contribution in [3.63, 3.8) is 0 Å². The van der Waals surface area contributed by atoms with E-state index in [1.807, 2.05) is 0 Å². The molecule has 0 saturated heterocycles. The van der Waals surface area contributed by atoms with Crippen LogP contribution < -0.4 is 4.72 Å². The van der Waals surface area contributed by atoms with Gasteiger partial charge in [0.05, 0.1) is 13.2 Å². The van der Waals surface area contributed by atoms with Crippen LogP contribution in [0.15, 0.2) is 20.0 Å². The zero-order valence-electron chi connectivity index (χ0n) is 11.8. The first kappa shape index (κ1) is 18.6. The van der Waals surface area contributed by atoms with Crippen molar-refractivity contribution in [1.29, 1.82) is 0 Å². The van der Waals surface area contributed by atoms with E-state index in [4.69, 9.17) is 19.0 Å². The van der Waals surface area contributed by atoms with Gasteiger partial charge in [0.15, 0.2) is 4.67 Å². The predicted octanol–water partition coefficient (Wildman–Crippen LogP) is 1.26. The number of aliphatic hydroxyl groups is 1. The quantitative estimate of drug-likeness (QED) is 0.556. The van der Waals surface area contributed by atoms with Crippen LogP contribution in [0.2, 0.25) is 0 Å². The van der Waals surface area contributed by atoms with E-state index < -0.39 is 10.0 Å². The van der Waals surface area contributed by atoms with Crippen LogP contribution in [-0.4, -0.2) is 47.0 Å². The van der Waals surface area contributed by atoms with Gasteiger partial charge in [-0.05, 0) is 28.8 Å². The maximum absolute atomic E-state index is 12.0. The van der Waals surface area contributed by atoms with Gasteiger partial charge in [-0.25, -0.2) is 13.1 Å². The summed E-state index contributed by atoms with van der Waals surface area (Å²) in [5.74, 6) is 0.189. The molecule has 1 rings (SSSR count). The Balaban J connectivity index is 2.31. The van der Waals surface area contributed by atoms with Crippen LogP contribution in [0.3, 0.4) is 0 Å². The first-order valence-corrected chi connectivity index (χ1v) is 8.74. The molecule has 9 heteroatoms. The number of unbranched alkanes of at least 4 members (excludes halogenated alkanes) is 1. The lowest BCUT2D eigenvalue weighted by Gasteiger charge is -2.06. The average molecular weight is 386 g/mol. The van der Waals surface area contributed by atoms with Gasteiger partial charge in [-0.3, -0.25) is 0 Å². The Labute approximate surface area is 132 Å². The van der Waals surface area contributed by atoms with Crippen molar-refractivity contribution >= 4 is 26.0 Å². The van der Waals surface area contributed by atoms with Crippen LogP contribution in [0.4, 0.5) is 0 Å². The Bertz CT molecular complexity index is 516. The second-order valence-corrected chi connectivity index (χ2v) is 6.67. The highest BCUT2D eigenvalue weighted by Gasteiger charge is 2.21. The van der Waals surface area contributed by atoms with Gasteiger partial charge in [-0.1, -0.05) is 0 Å². The largest absolute Gasteiger partial charge is 0.450 e. The summed E-state index contributed by atoms with van der Waals surface area (Å²) in [4.78, 5) is -0.0112. The summed E-state index contributed by atoms with van der Waals surface area (Å²) in [6.45, 7) is 1.60. The molecule has 0 aliphatic heterocycles. The van der Waals surface area contributed by atoms with Crippen molar-refractivity contribution < 1.29 is 27.4 Å². The van der Waals surface area contributed by atoms with Crippen LogP contribution >= 0.6 is 15.9 Å². The van der Waals surface area contributed by atoms with Crippen molar-refractivity contribution in [3.05, 3.63) is 16.5 Å². The number of sulfonamides is 1. The minimum atomic E-state index is -3.64. The number of furan rings is 1. The van der Waals surface area contributed by atoms with Crippen molar-refractivity contribution in [2.45, 2.75) is 24.3 Å². The van der Waals surface area contributed by atoms with Gasteiger partial charge in [0.2, 0.25) is 10.0 Å². The predicted molar refractivity (Wildman–Crippen MR) is 79.4 cm³/mol. The van der Waals surface area contributed by atoms with Gasteiger partial charge in [-0.2, -0.15) is 0 Å². The third-order valence-electron chi connectivity index (χ3n) is 2.59. The van der Waals surface area contributed by atoms with Gasteiger partial charge in [0, 0.05) is 26.3 Å². The fourth-order valence-corrected chi connectivity index (χ4v) is 3.59. The molecule has 1 heterocycles. The summed E-state index contributed by atoms with van der Waals surface area (Å²) in [7, 11) is -2.04. The molecule has 0 spiro atoms. The monoisotopic (exact) mass is 385 g/mol. The lowest BCUT2D eigenvalue weighted by atomic mass is 10.3. The van der Waals surface area contributed by atoms with E-state index in [2.05, 4.69) is 20.7 Å². The first-order valence-electron chi connectivity index (χ1n) is 6.46. The van der Waals surface area contributed by atoms with Crippen LogP contribution in [0.25, 0.3) is 0 Å². The van der Waals surface area contributed by atoms with Gasteiger partial charge >= 0.3 is 0 Å². The third-order valence-corrected chi connectivity index (χ3v) is 4.91. The Morgan fingerprint density at radius 1 is 1.33 bits per heavy atom. The summed E-state index contributed by atoms with van der Waals surface area (Å²) >= 11 is 3.02. The smallest absolute Gasteiger partial charge is 0.244 e. The fourth-order valence-electron chi connectivity index (χ4n) is 1.52. The molecular weight excluding hydrogens is 366 g/mol. The molecule has 0 aliphatic rings. The summed E-state index contributed by atoms with van der Waals surface area (Å²) in [6, 6.07) is 1.29. The van der Waals surface area contributed by atoms with Crippen LogP contribution in [0, 0.1) is 0 Å². The molecule has 7 nitrogen and oxygen atoms in total. The van der Waals surface area contributed by atoms with Crippen LogP contribution in [0.1, 0.15) is 18.6 Å². The highest BCUT2D eigenvalue weighted by Crippen LogP contribution is 2.25. The maximum atomic E-state index is 12.0. The molecule has 0 saturated carbocycles. The van der Waals surface area contributed by atoms with Gasteiger partial charge < -0.3 is 19.0 Å². The molecule has 0 aliphatic carbocycles. The van der Waals surface area contributed by atoms with E-state index >= 15 is 0 Å². The van der Waals surface area contributed by atoms with Crippen molar-refractivity contribution in [2.75, 3.05) is 33.5 Å². The van der Waals surface area contributed by atoms with E-state index in [0.29, 0.717) is 32.8 Å². The van der Waals surface area contributed by atoms with Crippen LogP contribution in [0.5, 0.6) is 0 Å². The molecule has 0 unspecified atom stereocenters. The van der Waals surface area contributed by atoms with Gasteiger partial charge in [-0.15, -0.1) is 0 Å². The molecule has 21 heavy (non-hydrogen) atoms. The van der Waals surface area contributed by atoms with E-state index in [9.17, 15) is 8.42 Å². The molecule has 0 aromatic carbocycles. The minimum absolute atomic E-state index is 0.0112. The molecular formula is C12H20BrNO6S. The average Bonchev–Trinajstić information content (AvgIpc) is 2.84. The van der Waals surface area contributed by atoms with Crippen molar-refractivity contribution in [3.8, 4) is 0 Å². The van der Waals surface area contributed by atoms with Gasteiger partial charge in [0.1, 0.15) is 17.3 Å². The highest BCUT2D eigenvalue weighted by molar-refractivity contribution is 9.10. The van der Waals surface area contributed by atoms with Crippen molar-refractivity contribution in [1.82, 2.24) is 4.72 Å². The molecule has 1 aromatic rings. The third kappa shape index (κ3) is 6.45. The number of nitrogens with one attached hydrogen (secondary N) is 1. The van der Waals surface area contributed by atoms with E-state index in [-0.39, 0.29) is 21.9 Å². The molecule has 2 N–H and O–H groups in total. The maximum Gasteiger partial charge on any atom is 0.244 e. The molecule has 0 bridgehead atoms. The number of hydrogen-bond donors (Lipinski definition) is 2. The zero-order chi connectivity index (χ0) is 15.7. The highest BCUT2D eigenvalue weighted by atomic mass is 79.9. The summed E-state index contributed by atoms with van der Waals surface area (Å²) < 4.78 is 41.8.